The van der Waals surface area contributed by atoms with Gasteiger partial charge >= 0.3 is 0 Å². The molecule has 3 aromatic rings. The molecule has 4 rings (SSSR count). The molecule has 2 aromatic carbocycles. The van der Waals surface area contributed by atoms with Crippen molar-refractivity contribution in [2.45, 2.75) is 25.9 Å². The number of aliphatic hydroxyl groups is 1. The molecule has 2 N–H and O–H groups in total. The molecule has 1 aromatic heterocycles. The van der Waals surface area contributed by atoms with E-state index in [-0.39, 0.29) is 5.56 Å². The monoisotopic (exact) mass is 457 g/mol. The highest BCUT2D eigenvalue weighted by Crippen LogP contribution is 2.25. The number of nitrogens with zero attached hydrogens (tertiary/aromatic N) is 4. The van der Waals surface area contributed by atoms with Crippen molar-refractivity contribution in [3.05, 3.63) is 71.7 Å². The zero-order chi connectivity index (χ0) is 24.1. The number of carbonyl (C=O) groups excluding carboxylic acids is 1. The van der Waals surface area contributed by atoms with Crippen LogP contribution < -0.4 is 10.2 Å². The topological polar surface area (TPSA) is 111 Å². The number of anilines is 2. The Morgan fingerprint density at radius 3 is 2.59 bits per heavy atom. The van der Waals surface area contributed by atoms with E-state index in [9.17, 15) is 15.2 Å². The predicted molar refractivity (Wildman–Crippen MR) is 129 cm³/mol. The maximum Gasteiger partial charge on any atom is 0.255 e. The molecule has 174 valence electrons. The van der Waals surface area contributed by atoms with E-state index in [1.54, 1.807) is 30.5 Å². The summed E-state index contributed by atoms with van der Waals surface area (Å²) in [5.41, 5.74) is 2.80. The summed E-state index contributed by atoms with van der Waals surface area (Å²) < 4.78 is 5.42. The van der Waals surface area contributed by atoms with E-state index in [4.69, 9.17) is 4.74 Å². The van der Waals surface area contributed by atoms with Gasteiger partial charge in [-0.2, -0.15) is 5.26 Å². The largest absolute Gasteiger partial charge is 0.381 e. The van der Waals surface area contributed by atoms with Crippen LogP contribution in [0.5, 0.6) is 0 Å². The van der Waals surface area contributed by atoms with Crippen LogP contribution in [0.15, 0.2) is 54.7 Å². The van der Waals surface area contributed by atoms with Crippen molar-refractivity contribution in [2.24, 2.45) is 0 Å². The molecule has 2 heterocycles. The van der Waals surface area contributed by atoms with E-state index in [1.165, 1.54) is 19.5 Å². The lowest BCUT2D eigenvalue weighted by atomic mass is 10.0. The van der Waals surface area contributed by atoms with Gasteiger partial charge in [-0.05, 0) is 49.7 Å². The lowest BCUT2D eigenvalue weighted by Crippen LogP contribution is -2.36. The van der Waals surface area contributed by atoms with E-state index in [1.807, 2.05) is 0 Å². The molecule has 0 aliphatic carbocycles. The summed E-state index contributed by atoms with van der Waals surface area (Å²) in [6, 6.07) is 17.4. The molecule has 1 saturated heterocycles. The predicted octanol–water partition coefficient (Wildman–Crippen LogP) is 3.15. The van der Waals surface area contributed by atoms with Crippen LogP contribution in [0.25, 0.3) is 11.3 Å². The maximum atomic E-state index is 12.1. The van der Waals surface area contributed by atoms with Crippen LogP contribution in [0.3, 0.4) is 0 Å². The second-order valence-electron chi connectivity index (χ2n) is 8.69. The summed E-state index contributed by atoms with van der Waals surface area (Å²) >= 11 is 0. The number of nitrogens with one attached hydrogen (secondary N) is 1. The first kappa shape index (κ1) is 23.4. The minimum absolute atomic E-state index is 0.286. The molecule has 1 amide bonds. The smallest absolute Gasteiger partial charge is 0.255 e. The number of morpholine rings is 1. The number of hydrogen-bond donors (Lipinski definition) is 2. The Morgan fingerprint density at radius 2 is 1.91 bits per heavy atom. The SMILES string of the molecule is CC(C)(O)C(=O)Nc1ccc(-c2ccnc(Cc3ccc(N4CCOCC4)cc3)n2)cc1C#N. The second-order valence-corrected chi connectivity index (χ2v) is 8.69. The van der Waals surface area contributed by atoms with E-state index in [0.29, 0.717) is 23.6 Å². The Labute approximate surface area is 198 Å². The molecule has 0 saturated carbocycles. The van der Waals surface area contributed by atoms with Crippen molar-refractivity contribution in [1.29, 1.82) is 5.26 Å². The van der Waals surface area contributed by atoms with E-state index >= 15 is 0 Å². The summed E-state index contributed by atoms with van der Waals surface area (Å²) in [6.07, 6.45) is 2.29. The fourth-order valence-corrected chi connectivity index (χ4v) is 3.65. The first-order chi connectivity index (χ1) is 16.3. The lowest BCUT2D eigenvalue weighted by molar-refractivity contribution is -0.130. The number of hydrogen-bond acceptors (Lipinski definition) is 7. The molecule has 8 nitrogen and oxygen atoms in total. The number of ether oxygens (including phenoxy) is 1. The third kappa shape index (κ3) is 5.57. The summed E-state index contributed by atoms with van der Waals surface area (Å²) in [7, 11) is 0. The van der Waals surface area contributed by atoms with Crippen LogP contribution >= 0.6 is 0 Å². The van der Waals surface area contributed by atoms with Gasteiger partial charge in [0.05, 0.1) is 30.2 Å². The highest BCUT2D eigenvalue weighted by molar-refractivity contribution is 5.97. The molecule has 0 atom stereocenters. The lowest BCUT2D eigenvalue weighted by Gasteiger charge is -2.28. The Kier molecular flexibility index (Phi) is 6.87. The molecule has 34 heavy (non-hydrogen) atoms. The van der Waals surface area contributed by atoms with Gasteiger partial charge in [0.1, 0.15) is 17.5 Å². The Morgan fingerprint density at radius 1 is 1.18 bits per heavy atom. The van der Waals surface area contributed by atoms with Gasteiger partial charge in [-0.25, -0.2) is 9.97 Å². The van der Waals surface area contributed by atoms with Crippen LogP contribution in [0.4, 0.5) is 11.4 Å². The van der Waals surface area contributed by atoms with Gasteiger partial charge < -0.3 is 20.1 Å². The van der Waals surface area contributed by atoms with Crippen LogP contribution in [0.2, 0.25) is 0 Å². The summed E-state index contributed by atoms with van der Waals surface area (Å²) in [6.45, 7) is 6.08. The summed E-state index contributed by atoms with van der Waals surface area (Å²) in [5.74, 6) is 0.0928. The van der Waals surface area contributed by atoms with Crippen molar-refractivity contribution >= 4 is 17.3 Å². The van der Waals surface area contributed by atoms with Gasteiger partial charge in [0, 0.05) is 37.0 Å². The van der Waals surface area contributed by atoms with Crippen molar-refractivity contribution in [2.75, 3.05) is 36.5 Å². The van der Waals surface area contributed by atoms with Crippen LogP contribution in [-0.4, -0.2) is 52.9 Å². The van der Waals surface area contributed by atoms with Crippen molar-refractivity contribution in [1.82, 2.24) is 9.97 Å². The molecule has 0 spiro atoms. The Bertz CT molecular complexity index is 1210. The van der Waals surface area contributed by atoms with Crippen LogP contribution in [0, 0.1) is 11.3 Å². The molecule has 1 fully saturated rings. The number of aromatic nitrogens is 2. The Hall–Kier alpha value is -3.80. The first-order valence-corrected chi connectivity index (χ1v) is 11.2. The van der Waals surface area contributed by atoms with Crippen molar-refractivity contribution in [3.8, 4) is 17.3 Å². The third-order valence-corrected chi connectivity index (χ3v) is 5.62. The van der Waals surface area contributed by atoms with Gasteiger partial charge in [-0.3, -0.25) is 4.79 Å². The van der Waals surface area contributed by atoms with E-state index < -0.39 is 11.5 Å². The van der Waals surface area contributed by atoms with Crippen molar-refractivity contribution < 1.29 is 14.6 Å². The average Bonchev–Trinajstić information content (AvgIpc) is 2.85. The minimum Gasteiger partial charge on any atom is -0.381 e. The summed E-state index contributed by atoms with van der Waals surface area (Å²) in [5, 5.41) is 22.0. The number of benzene rings is 2. The average molecular weight is 458 g/mol. The minimum atomic E-state index is -1.55. The van der Waals surface area contributed by atoms with Crippen molar-refractivity contribution in [3.63, 3.8) is 0 Å². The van der Waals surface area contributed by atoms with E-state index in [0.717, 1.165) is 37.4 Å². The molecular weight excluding hydrogens is 430 g/mol. The molecule has 0 bridgehead atoms. The maximum absolute atomic E-state index is 12.1. The number of amides is 1. The first-order valence-electron chi connectivity index (χ1n) is 11.2. The molecule has 1 aliphatic heterocycles. The molecule has 0 radical (unpaired) electrons. The van der Waals surface area contributed by atoms with E-state index in [2.05, 4.69) is 50.5 Å². The second kappa shape index (κ2) is 10.00. The fraction of sp³-hybridized carbons (Fsp3) is 0.308. The highest BCUT2D eigenvalue weighted by Gasteiger charge is 2.24. The highest BCUT2D eigenvalue weighted by atomic mass is 16.5. The van der Waals surface area contributed by atoms with Crippen LogP contribution in [0.1, 0.15) is 30.8 Å². The quantitative estimate of drug-likeness (QED) is 0.585. The van der Waals surface area contributed by atoms with Gasteiger partial charge in [0.15, 0.2) is 0 Å². The number of carbonyl (C=O) groups is 1. The number of rotatable bonds is 6. The van der Waals surface area contributed by atoms with Gasteiger partial charge in [-0.15, -0.1) is 0 Å². The number of nitriles is 1. The van der Waals surface area contributed by atoms with Gasteiger partial charge in [0.25, 0.3) is 5.91 Å². The van der Waals surface area contributed by atoms with Gasteiger partial charge in [0.2, 0.25) is 0 Å². The third-order valence-electron chi connectivity index (χ3n) is 5.62. The van der Waals surface area contributed by atoms with Gasteiger partial charge in [-0.1, -0.05) is 18.2 Å². The molecular formula is C26H27N5O3. The zero-order valence-electron chi connectivity index (χ0n) is 19.3. The molecule has 8 heteroatoms. The van der Waals surface area contributed by atoms with Crippen LogP contribution in [-0.2, 0) is 16.0 Å². The molecule has 1 aliphatic rings. The Balaban J connectivity index is 1.50. The fourth-order valence-electron chi connectivity index (χ4n) is 3.65. The zero-order valence-corrected chi connectivity index (χ0v) is 19.3. The normalized spacial score (nSPS) is 13.9. The molecule has 0 unspecified atom stereocenters. The standard InChI is InChI=1S/C26H27N5O3/c1-26(2,33)25(32)30-22-8-5-19(16-20(22)17-27)23-9-10-28-24(29-23)15-18-3-6-21(7-4-18)31-11-13-34-14-12-31/h3-10,16,33H,11-15H2,1-2H3,(H,30,32). The summed E-state index contributed by atoms with van der Waals surface area (Å²) in [4.78, 5) is 23.5.